The smallest absolute Gasteiger partial charge is 0.309 e. The van der Waals surface area contributed by atoms with E-state index in [0.29, 0.717) is 6.61 Å². The van der Waals surface area contributed by atoms with Crippen LogP contribution in [0.4, 0.5) is 0 Å². The highest BCUT2D eigenvalue weighted by atomic mass is 16.5. The number of esters is 1. The van der Waals surface area contributed by atoms with E-state index in [1.807, 2.05) is 26.0 Å². The van der Waals surface area contributed by atoms with E-state index in [-0.39, 0.29) is 17.8 Å². The summed E-state index contributed by atoms with van der Waals surface area (Å²) in [4.78, 5) is 11.6. The summed E-state index contributed by atoms with van der Waals surface area (Å²) in [5.41, 5.74) is 2.45. The Balaban J connectivity index is 2.82. The normalized spacial score (nSPS) is 14.2. The lowest BCUT2D eigenvalue weighted by molar-refractivity contribution is -0.148. The summed E-state index contributed by atoms with van der Waals surface area (Å²) in [6, 6.07) is 8.18. The van der Waals surface area contributed by atoms with Crippen LogP contribution in [0.5, 0.6) is 0 Å². The molecule has 0 radical (unpaired) electrons. The molecule has 0 aromatic heterocycles. The summed E-state index contributed by atoms with van der Waals surface area (Å²) in [7, 11) is 0. The molecule has 0 aliphatic carbocycles. The number of carbonyl (C=O) groups is 1. The molecule has 2 heteroatoms. The molecule has 0 spiro atoms. The predicted octanol–water partition coefficient (Wildman–Crippen LogP) is 3.30. The lowest BCUT2D eigenvalue weighted by atomic mass is 9.86. The Bertz CT molecular complexity index is 358. The number of aryl methyl sites for hydroxylation is 1. The maximum Gasteiger partial charge on any atom is 0.309 e. The summed E-state index contributed by atoms with van der Waals surface area (Å²) < 4.78 is 5.05. The van der Waals surface area contributed by atoms with Crippen molar-refractivity contribution in [2.45, 2.75) is 33.6 Å². The van der Waals surface area contributed by atoms with Crippen LogP contribution < -0.4 is 0 Å². The SMILES string of the molecule is CCOC(=O)C(C)C(C)c1ccccc1C. The van der Waals surface area contributed by atoms with Crippen LogP contribution in [0.25, 0.3) is 0 Å². The van der Waals surface area contributed by atoms with Crippen molar-refractivity contribution in [2.24, 2.45) is 5.92 Å². The molecule has 2 unspecified atom stereocenters. The average molecular weight is 220 g/mol. The number of hydrogen-bond donors (Lipinski definition) is 0. The van der Waals surface area contributed by atoms with Crippen molar-refractivity contribution in [3.63, 3.8) is 0 Å². The van der Waals surface area contributed by atoms with Gasteiger partial charge >= 0.3 is 5.97 Å². The Morgan fingerprint density at radius 3 is 2.50 bits per heavy atom. The van der Waals surface area contributed by atoms with Gasteiger partial charge in [-0.3, -0.25) is 4.79 Å². The molecule has 0 aliphatic heterocycles. The number of rotatable bonds is 4. The highest BCUT2D eigenvalue weighted by Crippen LogP contribution is 2.27. The first-order valence-electron chi connectivity index (χ1n) is 5.80. The summed E-state index contributed by atoms with van der Waals surface area (Å²) >= 11 is 0. The standard InChI is InChI=1S/C14H20O2/c1-5-16-14(15)12(4)11(3)13-9-7-6-8-10(13)2/h6-9,11-12H,5H2,1-4H3. The van der Waals surface area contributed by atoms with E-state index in [4.69, 9.17) is 4.74 Å². The van der Waals surface area contributed by atoms with Crippen LogP contribution in [-0.2, 0) is 9.53 Å². The lowest BCUT2D eigenvalue weighted by Crippen LogP contribution is -2.20. The van der Waals surface area contributed by atoms with Gasteiger partial charge in [0, 0.05) is 0 Å². The monoisotopic (exact) mass is 220 g/mol. The highest BCUT2D eigenvalue weighted by Gasteiger charge is 2.23. The minimum Gasteiger partial charge on any atom is -0.466 e. The lowest BCUT2D eigenvalue weighted by Gasteiger charge is -2.20. The second kappa shape index (κ2) is 5.69. The highest BCUT2D eigenvalue weighted by molar-refractivity contribution is 5.73. The van der Waals surface area contributed by atoms with Gasteiger partial charge in [0.05, 0.1) is 12.5 Å². The molecule has 0 saturated carbocycles. The van der Waals surface area contributed by atoms with Crippen molar-refractivity contribution in [2.75, 3.05) is 6.61 Å². The van der Waals surface area contributed by atoms with E-state index < -0.39 is 0 Å². The van der Waals surface area contributed by atoms with Gasteiger partial charge in [0.1, 0.15) is 0 Å². The quantitative estimate of drug-likeness (QED) is 0.728. The molecule has 0 N–H and O–H groups in total. The Labute approximate surface area is 97.6 Å². The zero-order valence-corrected chi connectivity index (χ0v) is 10.5. The number of ether oxygens (including phenoxy) is 1. The predicted molar refractivity (Wildman–Crippen MR) is 65.4 cm³/mol. The molecule has 2 atom stereocenters. The van der Waals surface area contributed by atoms with E-state index in [1.165, 1.54) is 11.1 Å². The molecular weight excluding hydrogens is 200 g/mol. The van der Waals surface area contributed by atoms with Crippen LogP contribution in [0, 0.1) is 12.8 Å². The Morgan fingerprint density at radius 2 is 1.94 bits per heavy atom. The van der Waals surface area contributed by atoms with Gasteiger partial charge in [-0.05, 0) is 30.9 Å². The second-order valence-electron chi connectivity index (χ2n) is 4.19. The zero-order chi connectivity index (χ0) is 12.1. The van der Waals surface area contributed by atoms with Crippen LogP contribution in [0.15, 0.2) is 24.3 Å². The summed E-state index contributed by atoms with van der Waals surface area (Å²) in [5, 5.41) is 0. The molecule has 0 bridgehead atoms. The Morgan fingerprint density at radius 1 is 1.31 bits per heavy atom. The molecule has 1 aromatic carbocycles. The van der Waals surface area contributed by atoms with E-state index in [0.717, 1.165) is 0 Å². The molecular formula is C14H20O2. The van der Waals surface area contributed by atoms with Gasteiger partial charge in [-0.1, -0.05) is 38.1 Å². The summed E-state index contributed by atoms with van der Waals surface area (Å²) in [5.74, 6) is -0.0143. The van der Waals surface area contributed by atoms with Crippen LogP contribution in [0.3, 0.4) is 0 Å². The van der Waals surface area contributed by atoms with E-state index in [2.05, 4.69) is 26.0 Å². The van der Waals surface area contributed by atoms with Crippen LogP contribution in [0.1, 0.15) is 37.8 Å². The molecule has 0 aliphatic rings. The van der Waals surface area contributed by atoms with Gasteiger partial charge < -0.3 is 4.74 Å². The second-order valence-corrected chi connectivity index (χ2v) is 4.19. The first-order valence-corrected chi connectivity index (χ1v) is 5.80. The molecule has 0 fully saturated rings. The van der Waals surface area contributed by atoms with Gasteiger partial charge in [-0.2, -0.15) is 0 Å². The van der Waals surface area contributed by atoms with Crippen LogP contribution in [-0.4, -0.2) is 12.6 Å². The van der Waals surface area contributed by atoms with E-state index in [9.17, 15) is 4.79 Å². The maximum atomic E-state index is 11.6. The van der Waals surface area contributed by atoms with Gasteiger partial charge in [-0.15, -0.1) is 0 Å². The molecule has 1 aromatic rings. The van der Waals surface area contributed by atoms with Crippen molar-refractivity contribution in [3.8, 4) is 0 Å². The minimum absolute atomic E-state index is 0.0963. The first-order chi connectivity index (χ1) is 7.57. The van der Waals surface area contributed by atoms with Gasteiger partial charge in [0.15, 0.2) is 0 Å². The molecule has 0 heterocycles. The molecule has 0 saturated heterocycles. The summed E-state index contributed by atoms with van der Waals surface area (Å²) in [6.07, 6.45) is 0. The number of carbonyl (C=O) groups excluding carboxylic acids is 1. The number of benzene rings is 1. The van der Waals surface area contributed by atoms with Crippen molar-refractivity contribution in [1.29, 1.82) is 0 Å². The van der Waals surface area contributed by atoms with Crippen molar-refractivity contribution < 1.29 is 9.53 Å². The van der Waals surface area contributed by atoms with Gasteiger partial charge in [0.25, 0.3) is 0 Å². The summed E-state index contributed by atoms with van der Waals surface area (Å²) in [6.45, 7) is 8.36. The van der Waals surface area contributed by atoms with Crippen molar-refractivity contribution in [3.05, 3.63) is 35.4 Å². The third kappa shape index (κ3) is 2.84. The largest absolute Gasteiger partial charge is 0.466 e. The average Bonchev–Trinajstić information content (AvgIpc) is 2.28. The number of hydrogen-bond acceptors (Lipinski definition) is 2. The third-order valence-electron chi connectivity index (χ3n) is 3.09. The fraction of sp³-hybridized carbons (Fsp3) is 0.500. The van der Waals surface area contributed by atoms with Crippen molar-refractivity contribution in [1.82, 2.24) is 0 Å². The molecule has 0 amide bonds. The Kier molecular flexibility index (Phi) is 4.53. The minimum atomic E-state index is -0.113. The molecule has 1 rings (SSSR count). The van der Waals surface area contributed by atoms with E-state index in [1.54, 1.807) is 0 Å². The maximum absolute atomic E-state index is 11.6. The zero-order valence-electron chi connectivity index (χ0n) is 10.5. The fourth-order valence-electron chi connectivity index (χ4n) is 1.84. The molecule has 16 heavy (non-hydrogen) atoms. The molecule has 88 valence electrons. The van der Waals surface area contributed by atoms with Gasteiger partial charge in [-0.25, -0.2) is 0 Å². The van der Waals surface area contributed by atoms with Gasteiger partial charge in [0.2, 0.25) is 0 Å². The van der Waals surface area contributed by atoms with E-state index >= 15 is 0 Å². The first kappa shape index (κ1) is 12.8. The third-order valence-corrected chi connectivity index (χ3v) is 3.09. The molecule has 2 nitrogen and oxygen atoms in total. The van der Waals surface area contributed by atoms with Crippen LogP contribution in [0.2, 0.25) is 0 Å². The van der Waals surface area contributed by atoms with Crippen LogP contribution >= 0.6 is 0 Å². The fourth-order valence-corrected chi connectivity index (χ4v) is 1.84. The Hall–Kier alpha value is -1.31. The topological polar surface area (TPSA) is 26.3 Å². The van der Waals surface area contributed by atoms with Crippen molar-refractivity contribution >= 4 is 5.97 Å².